The highest BCUT2D eigenvalue weighted by atomic mass is 16.7. The Morgan fingerprint density at radius 3 is 2.50 bits per heavy atom. The van der Waals surface area contributed by atoms with Crippen LogP contribution in [0, 0.1) is 6.92 Å². The number of rotatable bonds is 9. The van der Waals surface area contributed by atoms with E-state index in [2.05, 4.69) is 53.2 Å². The van der Waals surface area contributed by atoms with Crippen molar-refractivity contribution >= 4 is 11.8 Å². The highest BCUT2D eigenvalue weighted by Crippen LogP contribution is 2.32. The lowest BCUT2D eigenvalue weighted by molar-refractivity contribution is 0.174. The zero-order valence-electron chi connectivity index (χ0n) is 17.5. The highest BCUT2D eigenvalue weighted by Gasteiger charge is 2.14. The van der Waals surface area contributed by atoms with Crippen molar-refractivity contribution in [1.29, 1.82) is 0 Å². The van der Waals surface area contributed by atoms with E-state index in [1.807, 2.05) is 31.2 Å². The van der Waals surface area contributed by atoms with E-state index in [0.717, 1.165) is 41.7 Å². The summed E-state index contributed by atoms with van der Waals surface area (Å²) in [5.41, 5.74) is 2.02. The van der Waals surface area contributed by atoms with Gasteiger partial charge in [-0.1, -0.05) is 6.07 Å². The lowest BCUT2D eigenvalue weighted by Crippen LogP contribution is -2.40. The SMILES string of the molecule is Cc1cc(NCCN(C(C)C)C(C)C)nc(NCc2ccc3c(c2)OCO3)n1. The lowest BCUT2D eigenvalue weighted by atomic mass is 10.2. The third-order valence-corrected chi connectivity index (χ3v) is 4.74. The second kappa shape index (κ2) is 9.10. The fraction of sp³-hybridized carbons (Fsp3) is 0.524. The first kappa shape index (κ1) is 20.2. The Labute approximate surface area is 167 Å². The molecule has 152 valence electrons. The molecule has 1 aromatic carbocycles. The van der Waals surface area contributed by atoms with Gasteiger partial charge in [-0.05, 0) is 52.3 Å². The Hall–Kier alpha value is -2.54. The van der Waals surface area contributed by atoms with Crippen molar-refractivity contribution in [3.8, 4) is 11.5 Å². The Kier molecular flexibility index (Phi) is 6.57. The predicted molar refractivity (Wildman–Crippen MR) is 112 cm³/mol. The van der Waals surface area contributed by atoms with Crippen LogP contribution in [0.5, 0.6) is 11.5 Å². The Balaban J connectivity index is 1.57. The molecule has 0 unspecified atom stereocenters. The molecule has 2 aromatic rings. The lowest BCUT2D eigenvalue weighted by Gasteiger charge is -2.30. The molecule has 0 bridgehead atoms. The van der Waals surface area contributed by atoms with Gasteiger partial charge in [0, 0.05) is 43.5 Å². The Bertz CT molecular complexity index is 786. The van der Waals surface area contributed by atoms with Crippen LogP contribution in [-0.2, 0) is 6.54 Å². The maximum Gasteiger partial charge on any atom is 0.231 e. The molecule has 3 rings (SSSR count). The van der Waals surface area contributed by atoms with Gasteiger partial charge >= 0.3 is 0 Å². The zero-order valence-corrected chi connectivity index (χ0v) is 17.5. The van der Waals surface area contributed by atoms with E-state index >= 15 is 0 Å². The van der Waals surface area contributed by atoms with Crippen molar-refractivity contribution in [2.75, 3.05) is 30.5 Å². The molecule has 0 radical (unpaired) electrons. The molecule has 0 amide bonds. The maximum atomic E-state index is 5.43. The fourth-order valence-corrected chi connectivity index (χ4v) is 3.40. The second-order valence-electron chi connectivity index (χ2n) is 7.61. The molecule has 0 aliphatic carbocycles. The molecule has 0 saturated carbocycles. The molecule has 1 aliphatic heterocycles. The Morgan fingerprint density at radius 2 is 1.75 bits per heavy atom. The normalized spacial score (nSPS) is 12.9. The second-order valence-corrected chi connectivity index (χ2v) is 7.61. The number of ether oxygens (including phenoxy) is 2. The van der Waals surface area contributed by atoms with Crippen molar-refractivity contribution in [1.82, 2.24) is 14.9 Å². The standard InChI is InChI=1S/C21H31N5O2/c1-14(2)26(15(3)4)9-8-22-20-10-16(5)24-21(25-20)23-12-17-6-7-18-19(11-17)28-13-27-18/h6-7,10-11,14-15H,8-9,12-13H2,1-5H3,(H2,22,23,24,25). The summed E-state index contributed by atoms with van der Waals surface area (Å²) in [6.07, 6.45) is 0. The van der Waals surface area contributed by atoms with Gasteiger partial charge < -0.3 is 20.1 Å². The summed E-state index contributed by atoms with van der Waals surface area (Å²) in [6, 6.07) is 8.94. The van der Waals surface area contributed by atoms with Crippen LogP contribution in [0.15, 0.2) is 24.3 Å². The van der Waals surface area contributed by atoms with Crippen molar-refractivity contribution in [2.24, 2.45) is 0 Å². The fourth-order valence-electron chi connectivity index (χ4n) is 3.40. The molecule has 0 saturated heterocycles. The first-order chi connectivity index (χ1) is 13.4. The quantitative estimate of drug-likeness (QED) is 0.682. The summed E-state index contributed by atoms with van der Waals surface area (Å²) in [7, 11) is 0. The molecule has 7 heteroatoms. The molecule has 0 spiro atoms. The van der Waals surface area contributed by atoms with Crippen molar-refractivity contribution < 1.29 is 9.47 Å². The number of hydrogen-bond donors (Lipinski definition) is 2. The zero-order chi connectivity index (χ0) is 20.1. The van der Waals surface area contributed by atoms with Gasteiger partial charge in [0.25, 0.3) is 0 Å². The summed E-state index contributed by atoms with van der Waals surface area (Å²) in [5.74, 6) is 3.03. The van der Waals surface area contributed by atoms with Crippen LogP contribution in [0.3, 0.4) is 0 Å². The number of aromatic nitrogens is 2. The van der Waals surface area contributed by atoms with Crippen molar-refractivity contribution in [2.45, 2.75) is 53.2 Å². The van der Waals surface area contributed by atoms with Gasteiger partial charge in [0.2, 0.25) is 12.7 Å². The van der Waals surface area contributed by atoms with E-state index in [9.17, 15) is 0 Å². The molecule has 1 aromatic heterocycles. The topological polar surface area (TPSA) is 71.5 Å². The summed E-state index contributed by atoms with van der Waals surface area (Å²) < 4.78 is 10.8. The average Bonchev–Trinajstić information content (AvgIpc) is 3.10. The minimum Gasteiger partial charge on any atom is -0.454 e. The molecule has 1 aliphatic rings. The predicted octanol–water partition coefficient (Wildman–Crippen LogP) is 3.66. The van der Waals surface area contributed by atoms with Gasteiger partial charge in [-0.15, -0.1) is 0 Å². The van der Waals surface area contributed by atoms with Gasteiger partial charge in [-0.25, -0.2) is 4.98 Å². The number of aryl methyl sites for hydroxylation is 1. The van der Waals surface area contributed by atoms with E-state index in [0.29, 0.717) is 24.6 Å². The van der Waals surface area contributed by atoms with E-state index in [1.54, 1.807) is 0 Å². The van der Waals surface area contributed by atoms with E-state index < -0.39 is 0 Å². The molecule has 7 nitrogen and oxygen atoms in total. The summed E-state index contributed by atoms with van der Waals surface area (Å²) in [4.78, 5) is 11.6. The van der Waals surface area contributed by atoms with Gasteiger partial charge in [0.05, 0.1) is 0 Å². The van der Waals surface area contributed by atoms with E-state index in [-0.39, 0.29) is 6.79 Å². The summed E-state index contributed by atoms with van der Waals surface area (Å²) >= 11 is 0. The first-order valence-corrected chi connectivity index (χ1v) is 9.90. The van der Waals surface area contributed by atoms with E-state index in [4.69, 9.17) is 9.47 Å². The van der Waals surface area contributed by atoms with Crippen LogP contribution in [0.25, 0.3) is 0 Å². The molecule has 2 N–H and O–H groups in total. The molecular formula is C21H31N5O2. The first-order valence-electron chi connectivity index (χ1n) is 9.90. The van der Waals surface area contributed by atoms with Gasteiger partial charge in [0.15, 0.2) is 11.5 Å². The van der Waals surface area contributed by atoms with Gasteiger partial charge in [-0.2, -0.15) is 4.98 Å². The van der Waals surface area contributed by atoms with Gasteiger partial charge in [-0.3, -0.25) is 4.90 Å². The summed E-state index contributed by atoms with van der Waals surface area (Å²) in [5, 5.41) is 6.73. The highest BCUT2D eigenvalue weighted by molar-refractivity contribution is 5.46. The van der Waals surface area contributed by atoms with Crippen LogP contribution in [0.4, 0.5) is 11.8 Å². The monoisotopic (exact) mass is 385 g/mol. The number of nitrogens with one attached hydrogen (secondary N) is 2. The smallest absolute Gasteiger partial charge is 0.231 e. The average molecular weight is 386 g/mol. The summed E-state index contributed by atoms with van der Waals surface area (Å²) in [6.45, 7) is 13.6. The molecule has 28 heavy (non-hydrogen) atoms. The third-order valence-electron chi connectivity index (χ3n) is 4.74. The molecule has 0 atom stereocenters. The van der Waals surface area contributed by atoms with Crippen LogP contribution >= 0.6 is 0 Å². The van der Waals surface area contributed by atoms with Crippen LogP contribution < -0.4 is 20.1 Å². The number of benzene rings is 1. The van der Waals surface area contributed by atoms with Gasteiger partial charge in [0.1, 0.15) is 5.82 Å². The van der Waals surface area contributed by atoms with Crippen LogP contribution in [0.2, 0.25) is 0 Å². The van der Waals surface area contributed by atoms with Crippen molar-refractivity contribution in [3.05, 3.63) is 35.5 Å². The minimum atomic E-state index is 0.285. The van der Waals surface area contributed by atoms with Crippen LogP contribution in [-0.4, -0.2) is 46.8 Å². The largest absolute Gasteiger partial charge is 0.454 e. The number of fused-ring (bicyclic) bond motifs is 1. The molecular weight excluding hydrogens is 354 g/mol. The Morgan fingerprint density at radius 1 is 1.00 bits per heavy atom. The number of nitrogens with zero attached hydrogens (tertiary/aromatic N) is 3. The number of anilines is 2. The van der Waals surface area contributed by atoms with E-state index in [1.165, 1.54) is 0 Å². The van der Waals surface area contributed by atoms with Crippen molar-refractivity contribution in [3.63, 3.8) is 0 Å². The third kappa shape index (κ3) is 5.25. The maximum absolute atomic E-state index is 5.43. The number of hydrogen-bond acceptors (Lipinski definition) is 7. The minimum absolute atomic E-state index is 0.285. The van der Waals surface area contributed by atoms with Crippen LogP contribution in [0.1, 0.15) is 39.0 Å². The molecule has 0 fully saturated rings. The molecule has 2 heterocycles.